The summed E-state index contributed by atoms with van der Waals surface area (Å²) >= 11 is 0. The number of hydrogen-bond acceptors (Lipinski definition) is 7. The number of benzene rings is 2. The Morgan fingerprint density at radius 1 is 1.18 bits per heavy atom. The number of carboxylic acid groups (broad SMARTS) is 1. The topological polar surface area (TPSA) is 126 Å². The lowest BCUT2D eigenvalue weighted by Crippen LogP contribution is -2.16. The van der Waals surface area contributed by atoms with Crippen LogP contribution in [0.1, 0.15) is 43.6 Å². The van der Waals surface area contributed by atoms with Crippen molar-refractivity contribution in [3.05, 3.63) is 48.0 Å². The molecule has 3 N–H and O–H groups in total. The number of aliphatic carboxylic acids is 1. The van der Waals surface area contributed by atoms with Gasteiger partial charge in [-0.2, -0.15) is 0 Å². The molecule has 170 valence electrons. The average Bonchev–Trinajstić information content (AvgIpc) is 3.46. The first-order valence-electron chi connectivity index (χ1n) is 11.0. The summed E-state index contributed by atoms with van der Waals surface area (Å²) < 4.78 is 11.1. The Kier molecular flexibility index (Phi) is 5.68. The van der Waals surface area contributed by atoms with Gasteiger partial charge in [-0.15, -0.1) is 5.10 Å². The molecule has 1 fully saturated rings. The Balaban J connectivity index is 1.31. The van der Waals surface area contributed by atoms with E-state index in [9.17, 15) is 4.79 Å². The second kappa shape index (κ2) is 8.93. The number of aromatic nitrogens is 4. The fourth-order valence-corrected chi connectivity index (χ4v) is 4.56. The lowest BCUT2D eigenvalue weighted by atomic mass is 9.77. The lowest BCUT2D eigenvalue weighted by Gasteiger charge is -2.27. The minimum atomic E-state index is -0.703. The van der Waals surface area contributed by atoms with Gasteiger partial charge >= 0.3 is 12.0 Å². The molecule has 1 aliphatic carbocycles. The molecule has 4 aromatic rings. The monoisotopic (exact) mass is 447 g/mol. The van der Waals surface area contributed by atoms with Crippen LogP contribution in [0.2, 0.25) is 0 Å². The molecular weight excluding hydrogens is 422 g/mol. The third-order valence-electron chi connectivity index (χ3n) is 6.26. The number of carbonyl (C=O) groups is 1. The molecule has 9 nitrogen and oxygen atoms in total. The highest BCUT2D eigenvalue weighted by atomic mass is 16.5. The molecule has 0 bridgehead atoms. The van der Waals surface area contributed by atoms with E-state index in [1.807, 2.05) is 30.3 Å². The number of carboxylic acids is 1. The third-order valence-corrected chi connectivity index (χ3v) is 6.26. The summed E-state index contributed by atoms with van der Waals surface area (Å²) in [6.45, 7) is 0. The van der Waals surface area contributed by atoms with Crippen LogP contribution in [-0.4, -0.2) is 38.4 Å². The van der Waals surface area contributed by atoms with Crippen molar-refractivity contribution < 1.29 is 19.1 Å². The minimum Gasteiger partial charge on any atom is -0.495 e. The number of methoxy groups -OCH3 is 1. The van der Waals surface area contributed by atoms with Crippen molar-refractivity contribution in [3.8, 4) is 17.5 Å². The van der Waals surface area contributed by atoms with E-state index in [2.05, 4.69) is 37.6 Å². The maximum Gasteiger partial charge on any atom is 0.320 e. The van der Waals surface area contributed by atoms with Gasteiger partial charge in [0.1, 0.15) is 5.75 Å². The van der Waals surface area contributed by atoms with Gasteiger partial charge in [0.05, 0.1) is 23.8 Å². The number of nitrogens with zero attached hydrogens (tertiary/aromatic N) is 3. The standard InChI is InChI=1S/C24H25N5O4/c1-32-20-5-3-2-4-18(20)27-24-29-28-23(33-24)22-25-17-11-10-16(13-19(17)26-22)15-8-6-14(7-9-15)12-21(30)31/h2-5,10-11,13-15H,6-9,12H2,1H3,(H,25,26)(H,27,29)(H,30,31). The summed E-state index contributed by atoms with van der Waals surface area (Å²) in [6, 6.07) is 14.0. The maximum absolute atomic E-state index is 11.0. The van der Waals surface area contributed by atoms with Crippen LogP contribution >= 0.6 is 0 Å². The molecule has 0 atom stereocenters. The number of hydrogen-bond donors (Lipinski definition) is 3. The Hall–Kier alpha value is -3.88. The quantitative estimate of drug-likeness (QED) is 0.357. The van der Waals surface area contributed by atoms with Crippen molar-refractivity contribution in [2.45, 2.75) is 38.0 Å². The summed E-state index contributed by atoms with van der Waals surface area (Å²) in [6.07, 6.45) is 4.17. The predicted molar refractivity (Wildman–Crippen MR) is 123 cm³/mol. The van der Waals surface area contributed by atoms with E-state index in [0.29, 0.717) is 23.4 Å². The van der Waals surface area contributed by atoms with Crippen LogP contribution < -0.4 is 10.1 Å². The van der Waals surface area contributed by atoms with Crippen molar-refractivity contribution in [1.82, 2.24) is 20.2 Å². The van der Waals surface area contributed by atoms with Crippen LogP contribution in [0, 0.1) is 5.92 Å². The molecular formula is C24H25N5O4. The summed E-state index contributed by atoms with van der Waals surface area (Å²) in [7, 11) is 1.60. The molecule has 2 aromatic carbocycles. The number of ether oxygens (including phenoxy) is 1. The molecule has 1 saturated carbocycles. The molecule has 0 amide bonds. The number of nitrogens with one attached hydrogen (secondary N) is 2. The van der Waals surface area contributed by atoms with Crippen LogP contribution in [0.4, 0.5) is 11.7 Å². The van der Waals surface area contributed by atoms with Crippen molar-refractivity contribution in [3.63, 3.8) is 0 Å². The van der Waals surface area contributed by atoms with Gasteiger partial charge < -0.3 is 24.6 Å². The molecule has 5 rings (SSSR count). The third kappa shape index (κ3) is 4.52. The van der Waals surface area contributed by atoms with Gasteiger partial charge in [0.2, 0.25) is 0 Å². The molecule has 0 radical (unpaired) electrons. The van der Waals surface area contributed by atoms with Crippen LogP contribution in [0.5, 0.6) is 5.75 Å². The second-order valence-electron chi connectivity index (χ2n) is 8.42. The molecule has 0 aliphatic heterocycles. The average molecular weight is 447 g/mol. The van der Waals surface area contributed by atoms with Crippen molar-refractivity contribution >= 4 is 28.7 Å². The van der Waals surface area contributed by atoms with Gasteiger partial charge in [-0.1, -0.05) is 23.3 Å². The zero-order chi connectivity index (χ0) is 22.8. The van der Waals surface area contributed by atoms with Crippen LogP contribution in [0.3, 0.4) is 0 Å². The molecule has 0 saturated heterocycles. The normalized spacial score (nSPS) is 18.3. The number of rotatable bonds is 7. The maximum atomic E-state index is 11.0. The highest BCUT2D eigenvalue weighted by molar-refractivity contribution is 5.79. The lowest BCUT2D eigenvalue weighted by molar-refractivity contribution is -0.138. The van der Waals surface area contributed by atoms with E-state index in [4.69, 9.17) is 14.3 Å². The molecule has 0 spiro atoms. The number of anilines is 2. The Bertz CT molecular complexity index is 1270. The highest BCUT2D eigenvalue weighted by Gasteiger charge is 2.24. The van der Waals surface area contributed by atoms with E-state index in [0.717, 1.165) is 42.4 Å². The van der Waals surface area contributed by atoms with E-state index >= 15 is 0 Å². The number of H-pyrrole nitrogens is 1. The highest BCUT2D eigenvalue weighted by Crippen LogP contribution is 2.38. The molecule has 2 aromatic heterocycles. The van der Waals surface area contributed by atoms with Crippen LogP contribution in [0.25, 0.3) is 22.7 Å². The number of imidazole rings is 1. The Morgan fingerprint density at radius 3 is 2.79 bits per heavy atom. The fraction of sp³-hybridized carbons (Fsp3) is 0.333. The van der Waals surface area contributed by atoms with Gasteiger partial charge in [0, 0.05) is 6.42 Å². The van der Waals surface area contributed by atoms with Gasteiger partial charge in [-0.3, -0.25) is 4.79 Å². The second-order valence-corrected chi connectivity index (χ2v) is 8.42. The largest absolute Gasteiger partial charge is 0.495 e. The number of aromatic amines is 1. The van der Waals surface area contributed by atoms with E-state index < -0.39 is 5.97 Å². The Morgan fingerprint density at radius 2 is 2.00 bits per heavy atom. The molecule has 33 heavy (non-hydrogen) atoms. The van der Waals surface area contributed by atoms with Crippen molar-refractivity contribution in [2.24, 2.45) is 5.92 Å². The summed E-state index contributed by atoms with van der Waals surface area (Å²) in [5.74, 6) is 1.49. The van der Waals surface area contributed by atoms with Crippen LogP contribution in [0.15, 0.2) is 46.9 Å². The number of fused-ring (bicyclic) bond motifs is 1. The first-order chi connectivity index (χ1) is 16.1. The Labute approximate surface area is 190 Å². The van der Waals surface area contributed by atoms with E-state index in [1.165, 1.54) is 5.56 Å². The first-order valence-corrected chi connectivity index (χ1v) is 11.0. The van der Waals surface area contributed by atoms with E-state index in [-0.39, 0.29) is 18.4 Å². The molecule has 9 heteroatoms. The zero-order valence-corrected chi connectivity index (χ0v) is 18.2. The SMILES string of the molecule is COc1ccccc1Nc1nnc(-c2nc3cc(C4CCC(CC(=O)O)CC4)ccc3[nH]2)o1. The summed E-state index contributed by atoms with van der Waals surface area (Å²) in [5, 5.41) is 20.3. The molecule has 0 unspecified atom stereocenters. The zero-order valence-electron chi connectivity index (χ0n) is 18.2. The summed E-state index contributed by atoms with van der Waals surface area (Å²) in [5.41, 5.74) is 3.69. The predicted octanol–water partition coefficient (Wildman–Crippen LogP) is 5.11. The smallest absolute Gasteiger partial charge is 0.320 e. The van der Waals surface area contributed by atoms with Gasteiger partial charge in [-0.05, 0) is 67.3 Å². The van der Waals surface area contributed by atoms with Gasteiger partial charge in [0.25, 0.3) is 5.89 Å². The van der Waals surface area contributed by atoms with E-state index in [1.54, 1.807) is 7.11 Å². The summed E-state index contributed by atoms with van der Waals surface area (Å²) in [4.78, 5) is 18.9. The van der Waals surface area contributed by atoms with Gasteiger partial charge in [0.15, 0.2) is 5.82 Å². The molecule has 1 aliphatic rings. The first kappa shape index (κ1) is 21.0. The molecule has 2 heterocycles. The fourth-order valence-electron chi connectivity index (χ4n) is 4.56. The van der Waals surface area contributed by atoms with Gasteiger partial charge in [-0.25, -0.2) is 4.98 Å². The minimum absolute atomic E-state index is 0.244. The van der Waals surface area contributed by atoms with Crippen LogP contribution in [-0.2, 0) is 4.79 Å². The van der Waals surface area contributed by atoms with Crippen molar-refractivity contribution in [1.29, 1.82) is 0 Å². The van der Waals surface area contributed by atoms with Crippen molar-refractivity contribution in [2.75, 3.05) is 12.4 Å². The number of para-hydroxylation sites is 2.